The molecule has 0 saturated carbocycles. The number of amides is 1. The van der Waals surface area contributed by atoms with Crippen LogP contribution in [0.2, 0.25) is 5.02 Å². The molecule has 1 aliphatic heterocycles. The molecule has 1 saturated heterocycles. The SMILES string of the molecule is COc1ccc(Cl)cc1C(=O)Nc1nc(CN2CCCCC2)cs1. The Morgan fingerprint density at radius 2 is 2.17 bits per heavy atom. The molecule has 0 bridgehead atoms. The van der Waals surface area contributed by atoms with E-state index in [2.05, 4.69) is 15.2 Å². The van der Waals surface area contributed by atoms with E-state index in [0.29, 0.717) is 21.5 Å². The highest BCUT2D eigenvalue weighted by atomic mass is 35.5. The number of ether oxygens (including phenoxy) is 1. The number of thiazole rings is 1. The standard InChI is InChI=1S/C17H20ClN3O2S/c1-23-15-6-5-12(18)9-14(15)16(22)20-17-19-13(11-24-17)10-21-7-3-2-4-8-21/h5-6,9,11H,2-4,7-8,10H2,1H3,(H,19,20,22). The molecule has 0 spiro atoms. The van der Waals surface area contributed by atoms with Crippen LogP contribution >= 0.6 is 22.9 Å². The molecule has 1 aliphatic rings. The van der Waals surface area contributed by atoms with Crippen LogP contribution in [0, 0.1) is 0 Å². The number of aromatic nitrogens is 1. The van der Waals surface area contributed by atoms with Crippen molar-refractivity contribution in [3.63, 3.8) is 0 Å². The molecule has 0 atom stereocenters. The second-order valence-electron chi connectivity index (χ2n) is 5.78. The highest BCUT2D eigenvalue weighted by Gasteiger charge is 2.16. The molecular formula is C17H20ClN3O2S. The van der Waals surface area contributed by atoms with E-state index in [1.54, 1.807) is 18.2 Å². The minimum Gasteiger partial charge on any atom is -0.496 e. The zero-order valence-corrected chi connectivity index (χ0v) is 15.1. The summed E-state index contributed by atoms with van der Waals surface area (Å²) >= 11 is 7.41. The average molecular weight is 366 g/mol. The highest BCUT2D eigenvalue weighted by Crippen LogP contribution is 2.25. The lowest BCUT2D eigenvalue weighted by Crippen LogP contribution is -2.29. The number of carbonyl (C=O) groups is 1. The summed E-state index contributed by atoms with van der Waals surface area (Å²) in [7, 11) is 1.53. The molecular weight excluding hydrogens is 346 g/mol. The second kappa shape index (κ2) is 7.96. The zero-order chi connectivity index (χ0) is 16.9. The fraction of sp³-hybridized carbons (Fsp3) is 0.412. The van der Waals surface area contributed by atoms with E-state index in [9.17, 15) is 4.79 Å². The molecule has 2 aromatic rings. The number of methoxy groups -OCH3 is 1. The van der Waals surface area contributed by atoms with E-state index in [0.717, 1.165) is 25.3 Å². The van der Waals surface area contributed by atoms with Crippen molar-refractivity contribution < 1.29 is 9.53 Å². The van der Waals surface area contributed by atoms with Gasteiger partial charge in [-0.1, -0.05) is 18.0 Å². The van der Waals surface area contributed by atoms with E-state index in [1.165, 1.54) is 37.7 Å². The topological polar surface area (TPSA) is 54.5 Å². The Balaban J connectivity index is 1.66. The van der Waals surface area contributed by atoms with Crippen molar-refractivity contribution in [1.29, 1.82) is 0 Å². The van der Waals surface area contributed by atoms with Crippen molar-refractivity contribution in [3.05, 3.63) is 39.9 Å². The number of piperidine rings is 1. The number of rotatable bonds is 5. The minimum atomic E-state index is -0.270. The lowest BCUT2D eigenvalue weighted by molar-refractivity contribution is 0.102. The van der Waals surface area contributed by atoms with Crippen molar-refractivity contribution in [2.45, 2.75) is 25.8 Å². The number of halogens is 1. The molecule has 1 amide bonds. The van der Waals surface area contributed by atoms with Crippen molar-refractivity contribution in [2.24, 2.45) is 0 Å². The van der Waals surface area contributed by atoms with Crippen LogP contribution in [0.1, 0.15) is 35.3 Å². The lowest BCUT2D eigenvalue weighted by atomic mass is 10.1. The predicted molar refractivity (Wildman–Crippen MR) is 97.2 cm³/mol. The number of anilines is 1. The molecule has 2 heterocycles. The summed E-state index contributed by atoms with van der Waals surface area (Å²) in [5.41, 5.74) is 1.40. The van der Waals surface area contributed by atoms with Crippen LogP contribution in [0.25, 0.3) is 0 Å². The third-order valence-electron chi connectivity index (χ3n) is 4.01. The number of benzene rings is 1. The Kier molecular flexibility index (Phi) is 5.71. The van der Waals surface area contributed by atoms with Gasteiger partial charge >= 0.3 is 0 Å². The number of nitrogens with one attached hydrogen (secondary N) is 1. The van der Waals surface area contributed by atoms with Crippen molar-refractivity contribution >= 4 is 34.0 Å². The summed E-state index contributed by atoms with van der Waals surface area (Å²) in [6.45, 7) is 3.09. The van der Waals surface area contributed by atoms with Gasteiger partial charge in [-0.05, 0) is 44.1 Å². The molecule has 1 aromatic heterocycles. The Labute approximate surface area is 150 Å². The summed E-state index contributed by atoms with van der Waals surface area (Å²) < 4.78 is 5.22. The number of nitrogens with zero attached hydrogens (tertiary/aromatic N) is 2. The van der Waals surface area contributed by atoms with Crippen LogP contribution in [0.15, 0.2) is 23.6 Å². The predicted octanol–water partition coefficient (Wildman–Crippen LogP) is 4.04. The normalized spacial score (nSPS) is 15.2. The third-order valence-corrected chi connectivity index (χ3v) is 5.05. The van der Waals surface area contributed by atoms with Gasteiger partial charge < -0.3 is 4.74 Å². The molecule has 1 N–H and O–H groups in total. The number of likely N-dealkylation sites (tertiary alicyclic amines) is 1. The fourth-order valence-electron chi connectivity index (χ4n) is 2.81. The van der Waals surface area contributed by atoms with E-state index >= 15 is 0 Å². The van der Waals surface area contributed by atoms with Gasteiger partial charge in [0.15, 0.2) is 5.13 Å². The highest BCUT2D eigenvalue weighted by molar-refractivity contribution is 7.14. The minimum absolute atomic E-state index is 0.270. The third kappa shape index (κ3) is 4.26. The Bertz CT molecular complexity index is 714. The average Bonchev–Trinajstić information content (AvgIpc) is 3.02. The molecule has 128 valence electrons. The van der Waals surface area contributed by atoms with Gasteiger partial charge in [-0.15, -0.1) is 11.3 Å². The lowest BCUT2D eigenvalue weighted by Gasteiger charge is -2.25. The zero-order valence-electron chi connectivity index (χ0n) is 13.5. The van der Waals surface area contributed by atoms with Gasteiger partial charge in [-0.3, -0.25) is 15.0 Å². The first kappa shape index (κ1) is 17.2. The van der Waals surface area contributed by atoms with Crippen LogP contribution in [0.3, 0.4) is 0 Å². The Hall–Kier alpha value is -1.63. The Morgan fingerprint density at radius 1 is 1.38 bits per heavy atom. The maximum atomic E-state index is 12.5. The van der Waals surface area contributed by atoms with Gasteiger partial charge in [0.05, 0.1) is 18.4 Å². The molecule has 0 aliphatic carbocycles. The first-order valence-corrected chi connectivity index (χ1v) is 9.23. The first-order chi connectivity index (χ1) is 11.7. The van der Waals surface area contributed by atoms with E-state index in [1.807, 2.05) is 5.38 Å². The molecule has 1 aromatic carbocycles. The summed E-state index contributed by atoms with van der Waals surface area (Å²) in [5.74, 6) is 0.218. The van der Waals surface area contributed by atoms with Gasteiger partial charge in [-0.2, -0.15) is 0 Å². The van der Waals surface area contributed by atoms with Crippen molar-refractivity contribution in [3.8, 4) is 5.75 Å². The fourth-order valence-corrected chi connectivity index (χ4v) is 3.67. The molecule has 1 fully saturated rings. The van der Waals surface area contributed by atoms with Crippen LogP contribution in [0.4, 0.5) is 5.13 Å². The molecule has 24 heavy (non-hydrogen) atoms. The molecule has 0 radical (unpaired) electrons. The van der Waals surface area contributed by atoms with E-state index < -0.39 is 0 Å². The van der Waals surface area contributed by atoms with Gasteiger partial charge in [-0.25, -0.2) is 4.98 Å². The summed E-state index contributed by atoms with van der Waals surface area (Å²) in [5, 5.41) is 5.91. The smallest absolute Gasteiger partial charge is 0.261 e. The van der Waals surface area contributed by atoms with Crippen molar-refractivity contribution in [2.75, 3.05) is 25.5 Å². The van der Waals surface area contributed by atoms with Gasteiger partial charge in [0, 0.05) is 16.9 Å². The maximum absolute atomic E-state index is 12.5. The first-order valence-electron chi connectivity index (χ1n) is 7.97. The van der Waals surface area contributed by atoms with Crippen molar-refractivity contribution in [1.82, 2.24) is 9.88 Å². The van der Waals surface area contributed by atoms with Crippen LogP contribution < -0.4 is 10.1 Å². The van der Waals surface area contributed by atoms with Gasteiger partial charge in [0.2, 0.25) is 0 Å². The van der Waals surface area contributed by atoms with Gasteiger partial charge in [0.1, 0.15) is 5.75 Å². The number of carbonyl (C=O) groups excluding carboxylic acids is 1. The van der Waals surface area contributed by atoms with Crippen LogP contribution in [0.5, 0.6) is 5.75 Å². The van der Waals surface area contributed by atoms with Gasteiger partial charge in [0.25, 0.3) is 5.91 Å². The summed E-state index contributed by atoms with van der Waals surface area (Å²) in [4.78, 5) is 19.4. The quantitative estimate of drug-likeness (QED) is 0.868. The molecule has 3 rings (SSSR count). The van der Waals surface area contributed by atoms with Crippen LogP contribution in [-0.4, -0.2) is 36.0 Å². The van der Waals surface area contributed by atoms with E-state index in [-0.39, 0.29) is 5.91 Å². The molecule has 0 unspecified atom stereocenters. The molecule has 5 nitrogen and oxygen atoms in total. The Morgan fingerprint density at radius 3 is 2.92 bits per heavy atom. The summed E-state index contributed by atoms with van der Waals surface area (Å²) in [6, 6.07) is 4.97. The summed E-state index contributed by atoms with van der Waals surface area (Å²) in [6.07, 6.45) is 3.82. The monoisotopic (exact) mass is 365 g/mol. The number of hydrogen-bond acceptors (Lipinski definition) is 5. The van der Waals surface area contributed by atoms with Crippen LogP contribution in [-0.2, 0) is 6.54 Å². The second-order valence-corrected chi connectivity index (χ2v) is 7.07. The largest absolute Gasteiger partial charge is 0.496 e. The number of hydrogen-bond donors (Lipinski definition) is 1. The maximum Gasteiger partial charge on any atom is 0.261 e. The van der Waals surface area contributed by atoms with E-state index in [4.69, 9.17) is 16.3 Å². The molecule has 7 heteroatoms.